The van der Waals surface area contributed by atoms with Gasteiger partial charge >= 0.3 is 5.97 Å². The molecule has 0 aliphatic rings. The number of benzene rings is 1. The molecule has 1 N–H and O–H groups in total. The molecule has 0 unspecified atom stereocenters. The van der Waals surface area contributed by atoms with Gasteiger partial charge in [-0.15, -0.1) is 0 Å². The van der Waals surface area contributed by atoms with Crippen LogP contribution in [0.3, 0.4) is 0 Å². The number of nitrogens with zero attached hydrogens (tertiary/aromatic N) is 1. The normalized spacial score (nSPS) is 10.5. The lowest BCUT2D eigenvalue weighted by Gasteiger charge is -1.94. The maximum atomic E-state index is 13.0. The third-order valence-electron chi connectivity index (χ3n) is 1.70. The van der Waals surface area contributed by atoms with E-state index in [1.54, 1.807) is 0 Å². The Labute approximate surface area is 71.6 Å². The maximum Gasteiger partial charge on any atom is 0.339 e. The van der Waals surface area contributed by atoms with Gasteiger partial charge in [-0.2, -0.15) is 0 Å². The van der Waals surface area contributed by atoms with Gasteiger partial charge < -0.3 is 9.63 Å². The van der Waals surface area contributed by atoms with Crippen LogP contribution in [0.5, 0.6) is 0 Å². The third-order valence-corrected chi connectivity index (χ3v) is 1.70. The minimum atomic E-state index is -1.17. The van der Waals surface area contributed by atoms with Gasteiger partial charge in [0.05, 0.1) is 11.6 Å². The van der Waals surface area contributed by atoms with Gasteiger partial charge in [-0.25, -0.2) is 9.18 Å². The number of aromatic nitrogens is 1. The predicted octanol–water partition coefficient (Wildman–Crippen LogP) is 1.67. The van der Waals surface area contributed by atoms with Crippen LogP contribution < -0.4 is 0 Å². The minimum Gasteiger partial charge on any atom is -0.478 e. The third kappa shape index (κ3) is 1.05. The minimum absolute atomic E-state index is 0.0347. The van der Waals surface area contributed by atoms with Crippen LogP contribution in [-0.2, 0) is 0 Å². The zero-order valence-corrected chi connectivity index (χ0v) is 6.32. The summed E-state index contributed by atoms with van der Waals surface area (Å²) < 4.78 is 17.6. The van der Waals surface area contributed by atoms with Crippen molar-refractivity contribution in [2.45, 2.75) is 0 Å². The van der Waals surface area contributed by atoms with Gasteiger partial charge in [0.15, 0.2) is 5.58 Å². The van der Waals surface area contributed by atoms with Crippen LogP contribution >= 0.6 is 0 Å². The first-order valence-corrected chi connectivity index (χ1v) is 3.46. The van der Waals surface area contributed by atoms with Crippen molar-refractivity contribution in [3.8, 4) is 0 Å². The average Bonchev–Trinajstić information content (AvgIpc) is 2.53. The Bertz CT molecular complexity index is 477. The summed E-state index contributed by atoms with van der Waals surface area (Å²) in [4.78, 5) is 10.6. The van der Waals surface area contributed by atoms with Crippen LogP contribution in [0.4, 0.5) is 4.39 Å². The second-order valence-corrected chi connectivity index (χ2v) is 2.47. The van der Waals surface area contributed by atoms with E-state index in [1.807, 2.05) is 0 Å². The van der Waals surface area contributed by atoms with E-state index in [2.05, 4.69) is 9.68 Å². The Morgan fingerprint density at radius 2 is 2.31 bits per heavy atom. The van der Waals surface area contributed by atoms with E-state index in [4.69, 9.17) is 5.11 Å². The van der Waals surface area contributed by atoms with Crippen LogP contribution in [-0.4, -0.2) is 16.2 Å². The van der Waals surface area contributed by atoms with Crippen LogP contribution in [0.2, 0.25) is 0 Å². The highest BCUT2D eigenvalue weighted by atomic mass is 19.1. The Morgan fingerprint density at radius 1 is 1.54 bits per heavy atom. The summed E-state index contributed by atoms with van der Waals surface area (Å²) in [6, 6.07) is 2.22. The smallest absolute Gasteiger partial charge is 0.339 e. The number of hydrogen-bond acceptors (Lipinski definition) is 3. The average molecular weight is 181 g/mol. The number of aromatic carboxylic acids is 1. The van der Waals surface area contributed by atoms with Crippen molar-refractivity contribution < 1.29 is 18.8 Å². The summed E-state index contributed by atoms with van der Waals surface area (Å²) in [5.41, 5.74) is -0.124. The van der Waals surface area contributed by atoms with Gasteiger partial charge in [0.2, 0.25) is 0 Å². The molecule has 4 nitrogen and oxygen atoms in total. The molecule has 0 saturated carbocycles. The number of carboxylic acids is 1. The fraction of sp³-hybridized carbons (Fsp3) is 0. The van der Waals surface area contributed by atoms with E-state index in [9.17, 15) is 9.18 Å². The molecule has 0 radical (unpaired) electrons. The summed E-state index contributed by atoms with van der Waals surface area (Å²) in [6.07, 6.45) is 1.15. The van der Waals surface area contributed by atoms with Crippen LogP contribution in [0.15, 0.2) is 22.9 Å². The predicted molar refractivity (Wildman–Crippen MR) is 40.9 cm³/mol. The van der Waals surface area contributed by atoms with E-state index >= 15 is 0 Å². The number of hydrogen-bond donors (Lipinski definition) is 1. The zero-order chi connectivity index (χ0) is 9.42. The quantitative estimate of drug-likeness (QED) is 0.726. The second-order valence-electron chi connectivity index (χ2n) is 2.47. The van der Waals surface area contributed by atoms with E-state index in [-0.39, 0.29) is 16.5 Å². The second kappa shape index (κ2) is 2.55. The lowest BCUT2D eigenvalue weighted by atomic mass is 10.1. The summed E-state index contributed by atoms with van der Waals surface area (Å²) in [6.45, 7) is 0. The number of fused-ring (bicyclic) bond motifs is 1. The molecule has 13 heavy (non-hydrogen) atoms. The molecule has 0 spiro atoms. The molecule has 0 aliphatic carbocycles. The molecule has 1 aromatic heterocycles. The van der Waals surface area contributed by atoms with Gasteiger partial charge in [-0.1, -0.05) is 5.16 Å². The van der Waals surface area contributed by atoms with Gasteiger partial charge in [-0.05, 0) is 12.1 Å². The highest BCUT2D eigenvalue weighted by molar-refractivity contribution is 6.00. The Morgan fingerprint density at radius 3 is 3.00 bits per heavy atom. The van der Waals surface area contributed by atoms with E-state index in [0.717, 1.165) is 18.3 Å². The molecule has 0 fully saturated rings. The van der Waals surface area contributed by atoms with Crippen molar-refractivity contribution in [1.82, 2.24) is 5.16 Å². The first-order chi connectivity index (χ1) is 6.20. The highest BCUT2D eigenvalue weighted by Crippen LogP contribution is 2.21. The van der Waals surface area contributed by atoms with Gasteiger partial charge in [0.25, 0.3) is 0 Å². The summed E-state index contributed by atoms with van der Waals surface area (Å²) in [5, 5.41) is 12.1. The van der Waals surface area contributed by atoms with Crippen molar-refractivity contribution in [3.63, 3.8) is 0 Å². The van der Waals surface area contributed by atoms with Crippen molar-refractivity contribution in [3.05, 3.63) is 29.7 Å². The number of carbonyl (C=O) groups is 1. The molecule has 66 valence electrons. The molecular formula is C8H4FNO3. The molecule has 2 aromatic rings. The van der Waals surface area contributed by atoms with Gasteiger partial charge in [-0.3, -0.25) is 0 Å². The monoisotopic (exact) mass is 181 g/mol. The number of rotatable bonds is 1. The molecular weight excluding hydrogens is 177 g/mol. The van der Waals surface area contributed by atoms with E-state index in [1.165, 1.54) is 0 Å². The standard InChI is InChI=1S/C8H4FNO3/c9-6-2-1-4(8(11)12)7-5(6)3-10-13-7/h1-3H,(H,11,12). The maximum absolute atomic E-state index is 13.0. The van der Waals surface area contributed by atoms with Crippen LogP contribution in [0.25, 0.3) is 11.0 Å². The van der Waals surface area contributed by atoms with Gasteiger partial charge in [0, 0.05) is 0 Å². The lowest BCUT2D eigenvalue weighted by Crippen LogP contribution is -1.96. The topological polar surface area (TPSA) is 63.3 Å². The van der Waals surface area contributed by atoms with Gasteiger partial charge in [0.1, 0.15) is 11.4 Å². The lowest BCUT2D eigenvalue weighted by molar-refractivity contribution is 0.0697. The van der Waals surface area contributed by atoms with E-state index < -0.39 is 11.8 Å². The summed E-state index contributed by atoms with van der Waals surface area (Å²) in [7, 11) is 0. The highest BCUT2D eigenvalue weighted by Gasteiger charge is 2.14. The molecule has 0 amide bonds. The Hall–Kier alpha value is -1.91. The molecule has 1 aromatic carbocycles. The Kier molecular flexibility index (Phi) is 1.51. The van der Waals surface area contributed by atoms with Crippen molar-refractivity contribution in [2.75, 3.05) is 0 Å². The summed E-state index contributed by atoms with van der Waals surface area (Å²) >= 11 is 0. The molecule has 0 atom stereocenters. The first-order valence-electron chi connectivity index (χ1n) is 3.46. The molecule has 2 rings (SSSR count). The molecule has 0 bridgehead atoms. The van der Waals surface area contributed by atoms with Crippen molar-refractivity contribution in [2.24, 2.45) is 0 Å². The Balaban J connectivity index is 2.86. The number of carboxylic acid groups (broad SMARTS) is 1. The fourth-order valence-electron chi connectivity index (χ4n) is 1.09. The molecule has 0 aliphatic heterocycles. The van der Waals surface area contributed by atoms with Crippen LogP contribution in [0, 0.1) is 5.82 Å². The fourth-order valence-corrected chi connectivity index (χ4v) is 1.09. The first kappa shape index (κ1) is 7.72. The van der Waals surface area contributed by atoms with E-state index in [0.29, 0.717) is 0 Å². The molecule has 1 heterocycles. The van der Waals surface area contributed by atoms with Crippen molar-refractivity contribution in [1.29, 1.82) is 0 Å². The molecule has 5 heteroatoms. The van der Waals surface area contributed by atoms with Crippen LogP contribution in [0.1, 0.15) is 10.4 Å². The van der Waals surface area contributed by atoms with Crippen molar-refractivity contribution >= 4 is 16.9 Å². The zero-order valence-electron chi connectivity index (χ0n) is 6.32. The number of halogens is 1. The molecule has 0 saturated heterocycles. The summed E-state index contributed by atoms with van der Waals surface area (Å²) in [5.74, 6) is -1.71. The SMILES string of the molecule is O=C(O)c1ccc(F)c2cnoc12. The largest absolute Gasteiger partial charge is 0.478 e.